The van der Waals surface area contributed by atoms with Crippen molar-refractivity contribution in [3.05, 3.63) is 53.1 Å². The fourth-order valence-corrected chi connectivity index (χ4v) is 3.54. The minimum absolute atomic E-state index is 0.0664. The maximum absolute atomic E-state index is 12.6. The molecule has 1 aliphatic rings. The van der Waals surface area contributed by atoms with Crippen molar-refractivity contribution in [3.8, 4) is 11.5 Å². The number of amides is 3. The molecular formula is C24H27N3O7. The summed E-state index contributed by atoms with van der Waals surface area (Å²) >= 11 is 0. The van der Waals surface area contributed by atoms with Gasteiger partial charge < -0.3 is 19.5 Å². The molecule has 34 heavy (non-hydrogen) atoms. The third kappa shape index (κ3) is 5.83. The Morgan fingerprint density at radius 1 is 1.03 bits per heavy atom. The maximum Gasteiger partial charge on any atom is 0.311 e. The van der Waals surface area contributed by atoms with Gasteiger partial charge in [0, 0.05) is 23.7 Å². The molecule has 0 radical (unpaired) electrons. The number of carbonyl (C=O) groups is 4. The molecule has 3 rings (SSSR count). The van der Waals surface area contributed by atoms with E-state index >= 15 is 0 Å². The first kappa shape index (κ1) is 24.6. The van der Waals surface area contributed by atoms with Crippen molar-refractivity contribution in [1.82, 2.24) is 10.4 Å². The number of ether oxygens (including phenoxy) is 3. The average Bonchev–Trinajstić information content (AvgIpc) is 3.19. The molecule has 3 amide bonds. The van der Waals surface area contributed by atoms with Gasteiger partial charge in [-0.1, -0.05) is 18.2 Å². The minimum Gasteiger partial charge on any atom is -0.497 e. The van der Waals surface area contributed by atoms with Crippen LogP contribution in [0.1, 0.15) is 27.9 Å². The number of para-hydroxylation sites is 1. The Bertz CT molecular complexity index is 1070. The lowest BCUT2D eigenvalue weighted by atomic mass is 10.1. The van der Waals surface area contributed by atoms with E-state index in [0.717, 1.165) is 16.1 Å². The number of methoxy groups -OCH3 is 2. The van der Waals surface area contributed by atoms with Gasteiger partial charge >= 0.3 is 5.97 Å². The van der Waals surface area contributed by atoms with Crippen LogP contribution in [0.4, 0.5) is 5.69 Å². The van der Waals surface area contributed by atoms with E-state index in [1.54, 1.807) is 6.07 Å². The number of hydrogen-bond acceptors (Lipinski definition) is 7. The Morgan fingerprint density at radius 3 is 2.24 bits per heavy atom. The molecule has 2 aromatic carbocycles. The highest BCUT2D eigenvalue weighted by atomic mass is 16.5. The molecule has 10 heteroatoms. The van der Waals surface area contributed by atoms with E-state index < -0.39 is 36.2 Å². The van der Waals surface area contributed by atoms with Crippen molar-refractivity contribution in [2.75, 3.05) is 32.7 Å². The van der Waals surface area contributed by atoms with Gasteiger partial charge in [0.1, 0.15) is 11.5 Å². The normalized spacial score (nSPS) is 15.0. The lowest BCUT2D eigenvalue weighted by Crippen LogP contribution is -2.43. The molecule has 2 aromatic rings. The van der Waals surface area contributed by atoms with Crippen LogP contribution in [-0.4, -0.2) is 56.1 Å². The highest BCUT2D eigenvalue weighted by molar-refractivity contribution is 5.97. The SMILES string of the molecule is COc1cc(OC)cc(C(=O)NN2C[C@H](C(=O)OCC(=O)Nc3c(C)cccc3C)CC2=O)c1. The Morgan fingerprint density at radius 2 is 1.65 bits per heavy atom. The van der Waals surface area contributed by atoms with Crippen molar-refractivity contribution in [3.63, 3.8) is 0 Å². The van der Waals surface area contributed by atoms with Crippen LogP contribution in [0.5, 0.6) is 11.5 Å². The molecule has 2 N–H and O–H groups in total. The zero-order chi connectivity index (χ0) is 24.8. The van der Waals surface area contributed by atoms with Crippen LogP contribution in [0.3, 0.4) is 0 Å². The smallest absolute Gasteiger partial charge is 0.311 e. The number of carbonyl (C=O) groups excluding carboxylic acids is 4. The van der Waals surface area contributed by atoms with Crippen molar-refractivity contribution in [2.24, 2.45) is 5.92 Å². The van der Waals surface area contributed by atoms with Crippen LogP contribution in [0.2, 0.25) is 0 Å². The largest absolute Gasteiger partial charge is 0.497 e. The molecule has 0 spiro atoms. The zero-order valence-corrected chi connectivity index (χ0v) is 19.5. The number of esters is 1. The van der Waals surface area contributed by atoms with E-state index in [4.69, 9.17) is 14.2 Å². The Labute approximate surface area is 197 Å². The predicted octanol–water partition coefficient (Wildman–Crippen LogP) is 2.00. The first-order chi connectivity index (χ1) is 16.2. The van der Waals surface area contributed by atoms with Gasteiger partial charge in [-0.2, -0.15) is 0 Å². The molecule has 0 bridgehead atoms. The molecule has 10 nitrogen and oxygen atoms in total. The monoisotopic (exact) mass is 469 g/mol. The quantitative estimate of drug-likeness (QED) is 0.567. The summed E-state index contributed by atoms with van der Waals surface area (Å²) in [5.41, 5.74) is 5.16. The van der Waals surface area contributed by atoms with Gasteiger partial charge in [-0.15, -0.1) is 0 Å². The average molecular weight is 469 g/mol. The molecule has 0 unspecified atom stereocenters. The van der Waals surface area contributed by atoms with Gasteiger partial charge in [-0.05, 0) is 37.1 Å². The summed E-state index contributed by atoms with van der Waals surface area (Å²) in [5.74, 6) is -2.15. The summed E-state index contributed by atoms with van der Waals surface area (Å²) in [6, 6.07) is 10.2. The molecule has 1 aliphatic heterocycles. The van der Waals surface area contributed by atoms with Gasteiger partial charge in [0.05, 0.1) is 26.7 Å². The number of aryl methyl sites for hydroxylation is 2. The molecule has 1 saturated heterocycles. The highest BCUT2D eigenvalue weighted by Crippen LogP contribution is 2.24. The zero-order valence-electron chi connectivity index (χ0n) is 19.5. The van der Waals surface area contributed by atoms with Crippen molar-refractivity contribution in [2.45, 2.75) is 20.3 Å². The van der Waals surface area contributed by atoms with E-state index in [1.807, 2.05) is 32.0 Å². The fraction of sp³-hybridized carbons (Fsp3) is 0.333. The molecular weight excluding hydrogens is 442 g/mol. The fourth-order valence-electron chi connectivity index (χ4n) is 3.54. The molecule has 0 saturated carbocycles. The summed E-state index contributed by atoms with van der Waals surface area (Å²) in [6.07, 6.45) is -0.140. The third-order valence-electron chi connectivity index (χ3n) is 5.40. The number of hydrazine groups is 1. The molecule has 1 heterocycles. The summed E-state index contributed by atoms with van der Waals surface area (Å²) < 4.78 is 15.4. The van der Waals surface area contributed by atoms with Crippen LogP contribution in [0.25, 0.3) is 0 Å². The molecule has 1 fully saturated rings. The summed E-state index contributed by atoms with van der Waals surface area (Å²) in [6.45, 7) is 3.18. The Balaban J connectivity index is 1.54. The molecule has 0 aliphatic carbocycles. The van der Waals surface area contributed by atoms with E-state index in [9.17, 15) is 19.2 Å². The second-order valence-electron chi connectivity index (χ2n) is 7.87. The predicted molar refractivity (Wildman–Crippen MR) is 122 cm³/mol. The van der Waals surface area contributed by atoms with E-state index in [2.05, 4.69) is 10.7 Å². The summed E-state index contributed by atoms with van der Waals surface area (Å²) in [4.78, 5) is 49.6. The van der Waals surface area contributed by atoms with Gasteiger partial charge in [-0.25, -0.2) is 0 Å². The van der Waals surface area contributed by atoms with E-state index in [1.165, 1.54) is 26.4 Å². The number of nitrogens with one attached hydrogen (secondary N) is 2. The number of anilines is 1. The van der Waals surface area contributed by atoms with Crippen molar-refractivity contribution < 1.29 is 33.4 Å². The highest BCUT2D eigenvalue weighted by Gasteiger charge is 2.37. The Kier molecular flexibility index (Phi) is 7.72. The number of hydrogen-bond donors (Lipinski definition) is 2. The summed E-state index contributed by atoms with van der Waals surface area (Å²) in [5, 5.41) is 3.80. The standard InChI is InChI=1S/C24H27N3O7/c1-14-6-5-7-15(2)22(14)25-20(28)13-34-24(31)17-10-21(29)27(12-17)26-23(30)16-8-18(32-3)11-19(9-16)33-4/h5-9,11,17H,10,12-13H2,1-4H3,(H,25,28)(H,26,30)/t17-/m1/s1. The number of benzene rings is 2. The van der Waals surface area contributed by atoms with Crippen LogP contribution < -0.4 is 20.2 Å². The first-order valence-electron chi connectivity index (χ1n) is 10.6. The first-order valence-corrected chi connectivity index (χ1v) is 10.6. The Hall–Kier alpha value is -4.08. The van der Waals surface area contributed by atoms with Gasteiger partial charge in [-0.3, -0.25) is 29.6 Å². The molecule has 0 aromatic heterocycles. The lowest BCUT2D eigenvalue weighted by Gasteiger charge is -2.18. The van der Waals surface area contributed by atoms with E-state index in [-0.39, 0.29) is 18.5 Å². The lowest BCUT2D eigenvalue weighted by molar-refractivity contribution is -0.151. The second-order valence-corrected chi connectivity index (χ2v) is 7.87. The third-order valence-corrected chi connectivity index (χ3v) is 5.40. The van der Waals surface area contributed by atoms with Gasteiger partial charge in [0.25, 0.3) is 11.8 Å². The maximum atomic E-state index is 12.6. The molecule has 180 valence electrons. The van der Waals surface area contributed by atoms with Crippen LogP contribution >= 0.6 is 0 Å². The van der Waals surface area contributed by atoms with Crippen LogP contribution in [0, 0.1) is 19.8 Å². The van der Waals surface area contributed by atoms with E-state index in [0.29, 0.717) is 17.2 Å². The van der Waals surface area contributed by atoms with Crippen LogP contribution in [-0.2, 0) is 19.1 Å². The topological polar surface area (TPSA) is 123 Å². The second kappa shape index (κ2) is 10.7. The van der Waals surface area contributed by atoms with Crippen molar-refractivity contribution >= 4 is 29.4 Å². The van der Waals surface area contributed by atoms with Crippen LogP contribution in [0.15, 0.2) is 36.4 Å². The number of rotatable bonds is 8. The minimum atomic E-state index is -0.805. The van der Waals surface area contributed by atoms with Crippen molar-refractivity contribution in [1.29, 1.82) is 0 Å². The van der Waals surface area contributed by atoms with Gasteiger partial charge in [0.15, 0.2) is 6.61 Å². The van der Waals surface area contributed by atoms with Gasteiger partial charge in [0.2, 0.25) is 5.91 Å². The molecule has 1 atom stereocenters. The summed E-state index contributed by atoms with van der Waals surface area (Å²) in [7, 11) is 2.91. The number of nitrogens with zero attached hydrogens (tertiary/aromatic N) is 1.